The van der Waals surface area contributed by atoms with Gasteiger partial charge in [0.15, 0.2) is 5.13 Å². The van der Waals surface area contributed by atoms with Gasteiger partial charge in [0.05, 0.1) is 12.3 Å². The van der Waals surface area contributed by atoms with Gasteiger partial charge in [0, 0.05) is 46.7 Å². The van der Waals surface area contributed by atoms with E-state index < -0.39 is 0 Å². The number of aryl methyl sites for hydroxylation is 1. The number of aromatic amines is 1. The molecule has 3 aromatic rings. The third-order valence-electron chi connectivity index (χ3n) is 5.00. The molecule has 0 atom stereocenters. The number of fused-ring (bicyclic) bond motifs is 1. The summed E-state index contributed by atoms with van der Waals surface area (Å²) in [6.07, 6.45) is 1.60. The molecule has 142 valence electrons. The molecule has 1 aliphatic rings. The van der Waals surface area contributed by atoms with Crippen LogP contribution in [-0.4, -0.2) is 46.7 Å². The highest BCUT2D eigenvalue weighted by Gasteiger charge is 2.24. The van der Waals surface area contributed by atoms with Gasteiger partial charge in [-0.15, -0.1) is 11.3 Å². The van der Waals surface area contributed by atoms with E-state index in [2.05, 4.69) is 40.8 Å². The van der Waals surface area contributed by atoms with Gasteiger partial charge in [-0.05, 0) is 32.8 Å². The number of carbonyl (C=O) groups is 1. The Balaban J connectivity index is 1.43. The summed E-state index contributed by atoms with van der Waals surface area (Å²) in [5.74, 6) is 0. The van der Waals surface area contributed by atoms with Crippen molar-refractivity contribution in [2.24, 2.45) is 0 Å². The molecule has 0 aliphatic carbocycles. The molecule has 3 heterocycles. The zero-order valence-electron chi connectivity index (χ0n) is 15.6. The fraction of sp³-hybridized carbons (Fsp3) is 0.400. The maximum absolute atomic E-state index is 11.8. The molecule has 0 radical (unpaired) electrons. The maximum Gasteiger partial charge on any atom is 0.409 e. The Kier molecular flexibility index (Phi) is 5.03. The number of benzene rings is 1. The molecule has 4 rings (SSSR count). The van der Waals surface area contributed by atoms with Crippen molar-refractivity contribution in [2.75, 3.05) is 25.0 Å². The topological polar surface area (TPSA) is 70.2 Å². The number of thiazole rings is 1. The van der Waals surface area contributed by atoms with E-state index in [1.54, 1.807) is 16.2 Å². The number of H-pyrrole nitrogens is 1. The molecule has 6 nitrogen and oxygen atoms in total. The molecule has 0 spiro atoms. The predicted octanol–water partition coefficient (Wildman–Crippen LogP) is 4.63. The Bertz CT molecular complexity index is 941. The number of aromatic nitrogens is 2. The van der Waals surface area contributed by atoms with Crippen LogP contribution in [0.1, 0.15) is 25.5 Å². The third kappa shape index (κ3) is 3.64. The molecule has 0 unspecified atom stereocenters. The molecule has 0 saturated carbocycles. The first kappa shape index (κ1) is 17.9. The lowest BCUT2D eigenvalue weighted by Crippen LogP contribution is -2.42. The van der Waals surface area contributed by atoms with Gasteiger partial charge in [-0.2, -0.15) is 0 Å². The van der Waals surface area contributed by atoms with Gasteiger partial charge in [-0.25, -0.2) is 9.78 Å². The molecule has 1 aromatic carbocycles. The lowest BCUT2D eigenvalue weighted by atomic mass is 10.1. The van der Waals surface area contributed by atoms with Gasteiger partial charge in [0.25, 0.3) is 0 Å². The number of nitrogens with one attached hydrogen (secondary N) is 2. The second kappa shape index (κ2) is 7.60. The maximum atomic E-state index is 11.8. The molecule has 1 saturated heterocycles. The average Bonchev–Trinajstić information content (AvgIpc) is 3.25. The second-order valence-electron chi connectivity index (χ2n) is 6.81. The molecule has 27 heavy (non-hydrogen) atoms. The number of nitrogens with zero attached hydrogens (tertiary/aromatic N) is 2. The Morgan fingerprint density at radius 2 is 2.15 bits per heavy atom. The van der Waals surface area contributed by atoms with Crippen LogP contribution < -0.4 is 5.32 Å². The molecule has 1 amide bonds. The average molecular weight is 385 g/mol. The Labute approximate surface area is 162 Å². The van der Waals surface area contributed by atoms with Crippen molar-refractivity contribution >= 4 is 33.5 Å². The Morgan fingerprint density at radius 3 is 2.93 bits per heavy atom. The number of carbonyl (C=O) groups excluding carboxylic acids is 1. The van der Waals surface area contributed by atoms with Crippen molar-refractivity contribution in [1.29, 1.82) is 0 Å². The predicted molar refractivity (Wildman–Crippen MR) is 109 cm³/mol. The monoisotopic (exact) mass is 384 g/mol. The van der Waals surface area contributed by atoms with Gasteiger partial charge >= 0.3 is 6.09 Å². The largest absolute Gasteiger partial charge is 0.450 e. The standard InChI is InChI=1S/C20H24N4O2S/c1-3-26-20(25)24-10-8-14(9-11-24)22-19-23-17(12-27-19)18-13(2)21-16-7-5-4-6-15(16)18/h4-7,12,14,21H,3,8-11H2,1-2H3,(H,22,23). The van der Waals surface area contributed by atoms with E-state index in [4.69, 9.17) is 9.72 Å². The van der Waals surface area contributed by atoms with Gasteiger partial charge < -0.3 is 19.9 Å². The summed E-state index contributed by atoms with van der Waals surface area (Å²) in [7, 11) is 0. The van der Waals surface area contributed by atoms with Crippen LogP contribution in [0.5, 0.6) is 0 Å². The summed E-state index contributed by atoms with van der Waals surface area (Å²) in [4.78, 5) is 21.8. The number of amides is 1. The number of likely N-dealkylation sites (tertiary alicyclic amines) is 1. The molecular weight excluding hydrogens is 360 g/mol. The fourth-order valence-electron chi connectivity index (χ4n) is 3.66. The van der Waals surface area contributed by atoms with Crippen LogP contribution in [0, 0.1) is 6.92 Å². The fourth-order valence-corrected chi connectivity index (χ4v) is 4.44. The van der Waals surface area contributed by atoms with E-state index in [1.165, 1.54) is 10.9 Å². The summed E-state index contributed by atoms with van der Waals surface area (Å²) < 4.78 is 5.08. The number of para-hydroxylation sites is 1. The summed E-state index contributed by atoms with van der Waals surface area (Å²) in [5.41, 5.74) is 4.45. The van der Waals surface area contributed by atoms with Crippen LogP contribution in [0.2, 0.25) is 0 Å². The SMILES string of the molecule is CCOC(=O)N1CCC(Nc2nc(-c3c(C)[nH]c4ccccc34)cs2)CC1. The van der Waals surface area contributed by atoms with Crippen molar-refractivity contribution in [3.05, 3.63) is 35.3 Å². The van der Waals surface area contributed by atoms with E-state index in [9.17, 15) is 4.79 Å². The van der Waals surface area contributed by atoms with Crippen LogP contribution in [0.15, 0.2) is 29.6 Å². The quantitative estimate of drug-likeness (QED) is 0.688. The summed E-state index contributed by atoms with van der Waals surface area (Å²) in [5, 5.41) is 7.79. The third-order valence-corrected chi connectivity index (χ3v) is 5.78. The minimum absolute atomic E-state index is 0.206. The Hall–Kier alpha value is -2.54. The van der Waals surface area contributed by atoms with Crippen LogP contribution >= 0.6 is 11.3 Å². The smallest absolute Gasteiger partial charge is 0.409 e. The molecule has 2 aromatic heterocycles. The minimum atomic E-state index is -0.206. The first-order valence-electron chi connectivity index (χ1n) is 9.37. The van der Waals surface area contributed by atoms with Crippen molar-refractivity contribution < 1.29 is 9.53 Å². The van der Waals surface area contributed by atoms with E-state index in [-0.39, 0.29) is 6.09 Å². The summed E-state index contributed by atoms with van der Waals surface area (Å²) in [6.45, 7) is 5.79. The lowest BCUT2D eigenvalue weighted by Gasteiger charge is -2.31. The van der Waals surface area contributed by atoms with Crippen molar-refractivity contribution in [3.8, 4) is 11.3 Å². The van der Waals surface area contributed by atoms with Crippen LogP contribution in [-0.2, 0) is 4.74 Å². The normalized spacial score (nSPS) is 15.3. The highest BCUT2D eigenvalue weighted by molar-refractivity contribution is 7.14. The number of piperidine rings is 1. The van der Waals surface area contributed by atoms with Crippen molar-refractivity contribution in [2.45, 2.75) is 32.7 Å². The molecule has 1 fully saturated rings. The molecule has 1 aliphatic heterocycles. The number of anilines is 1. The summed E-state index contributed by atoms with van der Waals surface area (Å²) in [6, 6.07) is 8.65. The number of ether oxygens (including phenoxy) is 1. The zero-order valence-corrected chi connectivity index (χ0v) is 16.4. The van der Waals surface area contributed by atoms with Gasteiger partial charge in [-0.3, -0.25) is 0 Å². The van der Waals surface area contributed by atoms with E-state index in [0.717, 1.165) is 48.0 Å². The second-order valence-corrected chi connectivity index (χ2v) is 7.67. The van der Waals surface area contributed by atoms with Crippen LogP contribution in [0.3, 0.4) is 0 Å². The van der Waals surface area contributed by atoms with Gasteiger partial charge in [0.1, 0.15) is 0 Å². The molecular formula is C20H24N4O2S. The van der Waals surface area contributed by atoms with Crippen LogP contribution in [0.25, 0.3) is 22.2 Å². The highest BCUT2D eigenvalue weighted by atomic mass is 32.1. The number of rotatable bonds is 4. The van der Waals surface area contributed by atoms with E-state index >= 15 is 0 Å². The van der Waals surface area contributed by atoms with Gasteiger partial charge in [0.2, 0.25) is 0 Å². The minimum Gasteiger partial charge on any atom is -0.450 e. The highest BCUT2D eigenvalue weighted by Crippen LogP contribution is 2.34. The summed E-state index contributed by atoms with van der Waals surface area (Å²) >= 11 is 1.63. The molecule has 0 bridgehead atoms. The Morgan fingerprint density at radius 1 is 1.37 bits per heavy atom. The van der Waals surface area contributed by atoms with Crippen LogP contribution in [0.4, 0.5) is 9.93 Å². The first-order valence-corrected chi connectivity index (χ1v) is 10.2. The number of hydrogen-bond acceptors (Lipinski definition) is 5. The van der Waals surface area contributed by atoms with E-state index in [0.29, 0.717) is 12.6 Å². The first-order chi connectivity index (χ1) is 13.2. The number of hydrogen-bond donors (Lipinski definition) is 2. The van der Waals surface area contributed by atoms with Gasteiger partial charge in [-0.1, -0.05) is 18.2 Å². The van der Waals surface area contributed by atoms with Crippen molar-refractivity contribution in [1.82, 2.24) is 14.9 Å². The lowest BCUT2D eigenvalue weighted by molar-refractivity contribution is 0.0983. The zero-order chi connectivity index (χ0) is 18.8. The van der Waals surface area contributed by atoms with E-state index in [1.807, 2.05) is 13.0 Å². The molecule has 7 heteroatoms. The molecule has 2 N–H and O–H groups in total. The van der Waals surface area contributed by atoms with Crippen molar-refractivity contribution in [3.63, 3.8) is 0 Å².